The minimum absolute atomic E-state index is 0.167. The molecule has 1 aromatic carbocycles. The van der Waals surface area contributed by atoms with Crippen LogP contribution in [-0.2, 0) is 14.8 Å². The van der Waals surface area contributed by atoms with Crippen LogP contribution in [0.4, 0.5) is 5.69 Å². The SMILES string of the molecule is CCN1C(=O)/C(=C2\Sc3ccccc3N2C)S/C1=N\S(=O)(=O)c1cccs1. The van der Waals surface area contributed by atoms with Gasteiger partial charge in [0.15, 0.2) is 5.17 Å². The van der Waals surface area contributed by atoms with E-state index in [-0.39, 0.29) is 15.3 Å². The second kappa shape index (κ2) is 7.01. The Balaban J connectivity index is 1.75. The monoisotopic (exact) mass is 437 g/mol. The fraction of sp³-hybridized carbons (Fsp3) is 0.176. The number of hydrogen-bond acceptors (Lipinski definition) is 7. The second-order valence-corrected chi connectivity index (χ2v) is 10.5. The number of thiophene rings is 1. The van der Waals surface area contributed by atoms with Crippen LogP contribution >= 0.6 is 34.9 Å². The maximum Gasteiger partial charge on any atom is 0.294 e. The van der Waals surface area contributed by atoms with Crippen LogP contribution in [0.3, 0.4) is 0 Å². The van der Waals surface area contributed by atoms with Crippen molar-refractivity contribution in [1.82, 2.24) is 4.90 Å². The molecule has 3 heterocycles. The molecule has 0 radical (unpaired) electrons. The molecule has 0 bridgehead atoms. The first-order valence-electron chi connectivity index (χ1n) is 8.05. The number of para-hydroxylation sites is 1. The van der Waals surface area contributed by atoms with Crippen LogP contribution in [0.1, 0.15) is 6.92 Å². The molecule has 0 N–H and O–H groups in total. The molecule has 2 aromatic rings. The molecule has 4 rings (SSSR count). The van der Waals surface area contributed by atoms with Crippen molar-refractivity contribution in [3.8, 4) is 0 Å². The molecular weight excluding hydrogens is 422 g/mol. The lowest BCUT2D eigenvalue weighted by Gasteiger charge is -2.15. The summed E-state index contributed by atoms with van der Waals surface area (Å²) in [6, 6.07) is 11.1. The second-order valence-electron chi connectivity index (χ2n) is 5.70. The van der Waals surface area contributed by atoms with E-state index in [4.69, 9.17) is 0 Å². The van der Waals surface area contributed by atoms with Crippen LogP contribution in [0.2, 0.25) is 0 Å². The van der Waals surface area contributed by atoms with Gasteiger partial charge in [0.05, 0.1) is 10.7 Å². The zero-order chi connectivity index (χ0) is 19.2. The normalized spacial score (nSPS) is 21.4. The highest BCUT2D eigenvalue weighted by Crippen LogP contribution is 2.49. The number of carbonyl (C=O) groups excluding carboxylic acids is 1. The predicted octanol–water partition coefficient (Wildman–Crippen LogP) is 3.80. The van der Waals surface area contributed by atoms with Crippen LogP contribution < -0.4 is 4.90 Å². The number of anilines is 1. The van der Waals surface area contributed by atoms with E-state index in [9.17, 15) is 13.2 Å². The van der Waals surface area contributed by atoms with Crippen molar-refractivity contribution in [1.29, 1.82) is 0 Å². The van der Waals surface area contributed by atoms with E-state index in [1.165, 1.54) is 22.7 Å². The van der Waals surface area contributed by atoms with Crippen LogP contribution in [0.25, 0.3) is 0 Å². The highest BCUT2D eigenvalue weighted by atomic mass is 32.2. The number of amides is 1. The average Bonchev–Trinajstić information content (AvgIpc) is 3.35. The lowest BCUT2D eigenvalue weighted by Crippen LogP contribution is -2.29. The number of likely N-dealkylation sites (N-methyl/N-ethyl adjacent to an activating group) is 1. The molecule has 10 heteroatoms. The number of fused-ring (bicyclic) bond motifs is 1. The van der Waals surface area contributed by atoms with E-state index < -0.39 is 10.0 Å². The molecule has 2 aliphatic heterocycles. The summed E-state index contributed by atoms with van der Waals surface area (Å²) in [4.78, 5) is 17.9. The largest absolute Gasteiger partial charge is 0.337 e. The third kappa shape index (κ3) is 3.20. The number of hydrogen-bond donors (Lipinski definition) is 0. The first-order chi connectivity index (χ1) is 12.9. The number of nitrogens with zero attached hydrogens (tertiary/aromatic N) is 3. The molecule has 1 saturated heterocycles. The highest BCUT2D eigenvalue weighted by molar-refractivity contribution is 8.19. The summed E-state index contributed by atoms with van der Waals surface area (Å²) in [5, 5.41) is 2.68. The third-order valence-corrected chi connectivity index (χ3v) is 9.25. The molecule has 27 heavy (non-hydrogen) atoms. The fourth-order valence-corrected chi connectivity index (χ4v) is 7.30. The van der Waals surface area contributed by atoms with Gasteiger partial charge in [0, 0.05) is 18.5 Å². The van der Waals surface area contributed by atoms with E-state index in [2.05, 4.69) is 4.40 Å². The van der Waals surface area contributed by atoms with Crippen molar-refractivity contribution in [3.63, 3.8) is 0 Å². The van der Waals surface area contributed by atoms with Crippen molar-refractivity contribution in [3.05, 3.63) is 51.7 Å². The predicted molar refractivity (Wildman–Crippen MR) is 112 cm³/mol. The van der Waals surface area contributed by atoms with Gasteiger partial charge in [-0.2, -0.15) is 8.42 Å². The summed E-state index contributed by atoms with van der Waals surface area (Å²) in [5.41, 5.74) is 1.03. The van der Waals surface area contributed by atoms with Crippen molar-refractivity contribution >= 4 is 61.6 Å². The van der Waals surface area contributed by atoms with Crippen molar-refractivity contribution < 1.29 is 13.2 Å². The van der Waals surface area contributed by atoms with Crippen molar-refractivity contribution in [2.24, 2.45) is 4.40 Å². The minimum Gasteiger partial charge on any atom is -0.337 e. The van der Waals surface area contributed by atoms with E-state index in [1.807, 2.05) is 36.2 Å². The molecule has 2 aliphatic rings. The molecule has 1 amide bonds. The summed E-state index contributed by atoms with van der Waals surface area (Å²) < 4.78 is 29.2. The number of thioether (sulfide) groups is 2. The Hall–Kier alpha value is -1.75. The molecule has 6 nitrogen and oxygen atoms in total. The van der Waals surface area contributed by atoms with Gasteiger partial charge in [0.2, 0.25) is 0 Å². The lowest BCUT2D eigenvalue weighted by atomic mass is 10.3. The number of carbonyl (C=O) groups is 1. The number of rotatable bonds is 3. The Kier molecular flexibility index (Phi) is 4.83. The van der Waals surface area contributed by atoms with Gasteiger partial charge >= 0.3 is 0 Å². The maximum absolute atomic E-state index is 12.9. The van der Waals surface area contributed by atoms with E-state index in [1.54, 1.807) is 18.4 Å². The summed E-state index contributed by atoms with van der Waals surface area (Å²) >= 11 is 3.74. The van der Waals surface area contributed by atoms with Gasteiger partial charge in [0.25, 0.3) is 15.9 Å². The molecule has 1 aromatic heterocycles. The molecule has 0 saturated carbocycles. The molecule has 140 valence electrons. The van der Waals surface area contributed by atoms with Gasteiger partial charge in [-0.3, -0.25) is 9.69 Å². The Bertz CT molecular complexity index is 1070. The first-order valence-corrected chi connectivity index (χ1v) is 12.0. The third-order valence-electron chi connectivity index (χ3n) is 4.06. The lowest BCUT2D eigenvalue weighted by molar-refractivity contribution is -0.122. The van der Waals surface area contributed by atoms with Crippen LogP contribution in [-0.4, -0.2) is 38.0 Å². The van der Waals surface area contributed by atoms with Crippen molar-refractivity contribution in [2.45, 2.75) is 16.0 Å². The van der Waals surface area contributed by atoms with Gasteiger partial charge in [-0.1, -0.05) is 30.0 Å². The minimum atomic E-state index is -3.83. The maximum atomic E-state index is 12.9. The Morgan fingerprint density at radius 2 is 1.89 bits per heavy atom. The molecule has 0 atom stereocenters. The van der Waals surface area contributed by atoms with Crippen molar-refractivity contribution in [2.75, 3.05) is 18.5 Å². The number of sulfonamides is 1. The number of amidine groups is 1. The van der Waals surface area contributed by atoms with Crippen LogP contribution in [0, 0.1) is 0 Å². The first kappa shape index (κ1) is 18.6. The van der Waals surface area contributed by atoms with Gasteiger partial charge in [-0.15, -0.1) is 15.7 Å². The fourth-order valence-electron chi connectivity index (χ4n) is 2.74. The van der Waals surface area contributed by atoms with E-state index >= 15 is 0 Å². The van der Waals surface area contributed by atoms with Crippen LogP contribution in [0.5, 0.6) is 0 Å². The Labute approximate surface area is 170 Å². The van der Waals surface area contributed by atoms with E-state index in [0.717, 1.165) is 38.7 Å². The van der Waals surface area contributed by atoms with Gasteiger partial charge in [-0.25, -0.2) is 0 Å². The molecule has 0 unspecified atom stereocenters. The topological polar surface area (TPSA) is 70.1 Å². The smallest absolute Gasteiger partial charge is 0.294 e. The standard InChI is InChI=1S/C17H15N3O3S4/c1-3-20-15(21)14(16-19(2)11-7-4-5-8-12(11)25-16)26-17(20)18-27(22,23)13-9-6-10-24-13/h4-10H,3H2,1-2H3/b16-14+,18-17-. The molecule has 1 fully saturated rings. The van der Waals surface area contributed by atoms with Crippen LogP contribution in [0.15, 0.2) is 65.2 Å². The van der Waals surface area contributed by atoms with Gasteiger partial charge in [-0.05, 0) is 42.3 Å². The average molecular weight is 438 g/mol. The summed E-state index contributed by atoms with van der Waals surface area (Å²) in [5.74, 6) is -0.218. The summed E-state index contributed by atoms with van der Waals surface area (Å²) in [6.07, 6.45) is 0. The molecule has 0 aliphatic carbocycles. The molecular formula is C17H15N3O3S4. The summed E-state index contributed by atoms with van der Waals surface area (Å²) in [6.45, 7) is 2.16. The quantitative estimate of drug-likeness (QED) is 0.681. The molecule has 0 spiro atoms. The summed E-state index contributed by atoms with van der Waals surface area (Å²) in [7, 11) is -1.93. The Morgan fingerprint density at radius 3 is 2.56 bits per heavy atom. The highest BCUT2D eigenvalue weighted by Gasteiger charge is 2.39. The van der Waals surface area contributed by atoms with Gasteiger partial charge < -0.3 is 4.90 Å². The zero-order valence-electron chi connectivity index (χ0n) is 14.4. The van der Waals surface area contributed by atoms with Gasteiger partial charge in [0.1, 0.15) is 9.11 Å². The Morgan fingerprint density at radius 1 is 1.11 bits per heavy atom. The zero-order valence-corrected chi connectivity index (χ0v) is 17.7. The van der Waals surface area contributed by atoms with E-state index in [0.29, 0.717) is 11.4 Å². The number of benzene rings is 1.